The first-order chi connectivity index (χ1) is 13.8. The summed E-state index contributed by atoms with van der Waals surface area (Å²) in [5.74, 6) is 0.731. The number of sulfonamides is 1. The fourth-order valence-electron chi connectivity index (χ4n) is 2.90. The minimum atomic E-state index is -3.78. The summed E-state index contributed by atoms with van der Waals surface area (Å²) in [6, 6.07) is 12.1. The minimum absolute atomic E-state index is 0.0386. The Bertz CT molecular complexity index is 971. The van der Waals surface area contributed by atoms with Crippen molar-refractivity contribution in [3.63, 3.8) is 0 Å². The standard InChI is InChI=1S/C20H22N2O6S/c1-14(13-28-17-7-5-16(27-2)6-8-17)21-29(25,26)18-9-3-15(4-10-18)22-19(23)11-12-20(22)24/h3-10,14,21H,11-13H2,1-2H3/t14-/m0/s1. The molecular weight excluding hydrogens is 396 g/mol. The van der Waals surface area contributed by atoms with Crippen molar-refractivity contribution in [2.24, 2.45) is 0 Å². The number of hydrogen-bond acceptors (Lipinski definition) is 6. The van der Waals surface area contributed by atoms with Gasteiger partial charge in [0.05, 0.1) is 23.7 Å². The first-order valence-electron chi connectivity index (χ1n) is 9.05. The summed E-state index contributed by atoms with van der Waals surface area (Å²) < 4.78 is 38.4. The molecule has 0 radical (unpaired) electrons. The van der Waals surface area contributed by atoms with Crippen molar-refractivity contribution in [2.45, 2.75) is 30.7 Å². The van der Waals surface area contributed by atoms with Crippen LogP contribution in [0.2, 0.25) is 0 Å². The molecule has 154 valence electrons. The largest absolute Gasteiger partial charge is 0.497 e. The highest BCUT2D eigenvalue weighted by atomic mass is 32.2. The van der Waals surface area contributed by atoms with Crippen molar-refractivity contribution in [3.05, 3.63) is 48.5 Å². The SMILES string of the molecule is COc1ccc(OC[C@H](C)NS(=O)(=O)c2ccc(N3C(=O)CCC3=O)cc2)cc1. The van der Waals surface area contributed by atoms with Crippen LogP contribution in [0.25, 0.3) is 0 Å². The normalized spacial score (nSPS) is 15.4. The van der Waals surface area contributed by atoms with Gasteiger partial charge in [0.1, 0.15) is 18.1 Å². The maximum absolute atomic E-state index is 12.6. The number of methoxy groups -OCH3 is 1. The third-order valence-corrected chi connectivity index (χ3v) is 5.98. The number of carbonyl (C=O) groups is 2. The number of rotatable bonds is 8. The van der Waals surface area contributed by atoms with E-state index in [1.54, 1.807) is 38.3 Å². The second kappa shape index (κ2) is 8.62. The van der Waals surface area contributed by atoms with Gasteiger partial charge in [-0.25, -0.2) is 13.1 Å². The molecule has 3 rings (SSSR count). The molecular formula is C20H22N2O6S. The molecule has 0 saturated carbocycles. The second-order valence-electron chi connectivity index (χ2n) is 6.63. The molecule has 1 N–H and O–H groups in total. The highest BCUT2D eigenvalue weighted by Gasteiger charge is 2.30. The Morgan fingerprint density at radius 3 is 2.07 bits per heavy atom. The highest BCUT2D eigenvalue weighted by molar-refractivity contribution is 7.89. The van der Waals surface area contributed by atoms with Crippen molar-refractivity contribution < 1.29 is 27.5 Å². The zero-order valence-electron chi connectivity index (χ0n) is 16.1. The van der Waals surface area contributed by atoms with E-state index in [0.29, 0.717) is 17.2 Å². The number of hydrogen-bond donors (Lipinski definition) is 1. The van der Waals surface area contributed by atoms with Gasteiger partial charge in [0.25, 0.3) is 0 Å². The van der Waals surface area contributed by atoms with Crippen molar-refractivity contribution in [3.8, 4) is 11.5 Å². The van der Waals surface area contributed by atoms with Gasteiger partial charge in [0.15, 0.2) is 0 Å². The Kier molecular flexibility index (Phi) is 6.19. The van der Waals surface area contributed by atoms with Crippen LogP contribution >= 0.6 is 0 Å². The van der Waals surface area contributed by atoms with Gasteiger partial charge in [-0.05, 0) is 55.5 Å². The summed E-state index contributed by atoms with van der Waals surface area (Å²) in [7, 11) is -2.21. The van der Waals surface area contributed by atoms with Crippen LogP contribution < -0.4 is 19.1 Å². The lowest BCUT2D eigenvalue weighted by Crippen LogP contribution is -2.36. The van der Waals surface area contributed by atoms with E-state index in [9.17, 15) is 18.0 Å². The number of imide groups is 1. The van der Waals surface area contributed by atoms with E-state index in [-0.39, 0.29) is 36.2 Å². The summed E-state index contributed by atoms with van der Waals surface area (Å²) in [6.45, 7) is 1.83. The number of nitrogens with one attached hydrogen (secondary N) is 1. The van der Waals surface area contributed by atoms with E-state index in [1.807, 2.05) is 0 Å². The summed E-state index contributed by atoms with van der Waals surface area (Å²) in [4.78, 5) is 24.7. The molecule has 1 atom stereocenters. The van der Waals surface area contributed by atoms with Crippen LogP contribution in [0.1, 0.15) is 19.8 Å². The Labute approximate surface area is 169 Å². The third kappa shape index (κ3) is 4.93. The molecule has 9 heteroatoms. The van der Waals surface area contributed by atoms with Gasteiger partial charge in [0, 0.05) is 12.8 Å². The lowest BCUT2D eigenvalue weighted by Gasteiger charge is -2.17. The number of nitrogens with zero attached hydrogens (tertiary/aromatic N) is 1. The van der Waals surface area contributed by atoms with Crippen molar-refractivity contribution in [2.75, 3.05) is 18.6 Å². The first kappa shape index (κ1) is 20.8. The number of amides is 2. The minimum Gasteiger partial charge on any atom is -0.497 e. The lowest BCUT2D eigenvalue weighted by molar-refractivity contribution is -0.121. The van der Waals surface area contributed by atoms with E-state index < -0.39 is 16.1 Å². The number of carbonyl (C=O) groups excluding carboxylic acids is 2. The van der Waals surface area contributed by atoms with E-state index >= 15 is 0 Å². The van der Waals surface area contributed by atoms with Gasteiger partial charge in [-0.3, -0.25) is 14.5 Å². The molecule has 0 aromatic heterocycles. The van der Waals surface area contributed by atoms with Gasteiger partial charge in [-0.15, -0.1) is 0 Å². The van der Waals surface area contributed by atoms with Gasteiger partial charge in [-0.2, -0.15) is 0 Å². The Morgan fingerprint density at radius 2 is 1.52 bits per heavy atom. The molecule has 1 aliphatic rings. The maximum atomic E-state index is 12.6. The molecule has 1 aliphatic heterocycles. The fourth-order valence-corrected chi connectivity index (χ4v) is 4.13. The quantitative estimate of drug-likeness (QED) is 0.659. The zero-order chi connectivity index (χ0) is 21.0. The Morgan fingerprint density at radius 1 is 0.966 bits per heavy atom. The van der Waals surface area contributed by atoms with Crippen molar-refractivity contribution in [1.29, 1.82) is 0 Å². The number of ether oxygens (including phenoxy) is 2. The predicted molar refractivity (Wildman–Crippen MR) is 106 cm³/mol. The summed E-state index contributed by atoms with van der Waals surface area (Å²) in [6.07, 6.45) is 0.346. The topological polar surface area (TPSA) is 102 Å². The summed E-state index contributed by atoms with van der Waals surface area (Å²) in [5, 5.41) is 0. The van der Waals surface area contributed by atoms with Gasteiger partial charge in [-0.1, -0.05) is 0 Å². The van der Waals surface area contributed by atoms with Crippen LogP contribution in [0.3, 0.4) is 0 Å². The van der Waals surface area contributed by atoms with Crippen LogP contribution in [0, 0.1) is 0 Å². The Balaban J connectivity index is 1.60. The fraction of sp³-hybridized carbons (Fsp3) is 0.300. The molecule has 0 bridgehead atoms. The number of anilines is 1. The van der Waals surface area contributed by atoms with Crippen molar-refractivity contribution in [1.82, 2.24) is 4.72 Å². The molecule has 2 aromatic rings. The molecule has 1 saturated heterocycles. The molecule has 1 fully saturated rings. The van der Waals surface area contributed by atoms with Crippen LogP contribution in [0.15, 0.2) is 53.4 Å². The van der Waals surface area contributed by atoms with E-state index in [2.05, 4.69) is 4.72 Å². The monoisotopic (exact) mass is 418 g/mol. The van der Waals surface area contributed by atoms with Crippen molar-refractivity contribution >= 4 is 27.5 Å². The first-order valence-corrected chi connectivity index (χ1v) is 10.5. The van der Waals surface area contributed by atoms with Crippen LogP contribution in [0.5, 0.6) is 11.5 Å². The van der Waals surface area contributed by atoms with Crippen LogP contribution in [-0.4, -0.2) is 40.0 Å². The lowest BCUT2D eigenvalue weighted by atomic mass is 10.3. The second-order valence-corrected chi connectivity index (χ2v) is 8.34. The van der Waals surface area contributed by atoms with Gasteiger partial charge >= 0.3 is 0 Å². The van der Waals surface area contributed by atoms with E-state index in [0.717, 1.165) is 4.90 Å². The molecule has 0 aliphatic carbocycles. The summed E-state index contributed by atoms with van der Waals surface area (Å²) >= 11 is 0. The number of benzene rings is 2. The molecule has 8 nitrogen and oxygen atoms in total. The Hall–Kier alpha value is -2.91. The highest BCUT2D eigenvalue weighted by Crippen LogP contribution is 2.24. The van der Waals surface area contributed by atoms with Gasteiger partial charge in [0.2, 0.25) is 21.8 Å². The molecule has 0 unspecified atom stereocenters. The van der Waals surface area contributed by atoms with E-state index in [1.165, 1.54) is 24.3 Å². The third-order valence-electron chi connectivity index (χ3n) is 4.37. The summed E-state index contributed by atoms with van der Waals surface area (Å²) in [5.41, 5.74) is 0.368. The average molecular weight is 418 g/mol. The zero-order valence-corrected chi connectivity index (χ0v) is 16.9. The maximum Gasteiger partial charge on any atom is 0.240 e. The molecule has 2 aromatic carbocycles. The van der Waals surface area contributed by atoms with Crippen LogP contribution in [0.4, 0.5) is 5.69 Å². The van der Waals surface area contributed by atoms with Crippen LogP contribution in [-0.2, 0) is 19.6 Å². The smallest absolute Gasteiger partial charge is 0.240 e. The molecule has 0 spiro atoms. The average Bonchev–Trinajstić information content (AvgIpc) is 3.04. The van der Waals surface area contributed by atoms with Gasteiger partial charge < -0.3 is 9.47 Å². The predicted octanol–water partition coefficient (Wildman–Crippen LogP) is 2.09. The molecule has 1 heterocycles. The molecule has 2 amide bonds. The van der Waals surface area contributed by atoms with E-state index in [4.69, 9.17) is 9.47 Å². The molecule has 29 heavy (non-hydrogen) atoms.